The quantitative estimate of drug-likeness (QED) is 0.849. The Morgan fingerprint density at radius 3 is 2.74 bits per heavy atom. The SMILES string of the molecule is CN(CCn1cc(CNC(C)(C)C)nn1)C1CCC1. The summed E-state index contributed by atoms with van der Waals surface area (Å²) in [5.41, 5.74) is 1.13. The van der Waals surface area contributed by atoms with Crippen molar-refractivity contribution >= 4 is 0 Å². The normalized spacial score (nSPS) is 16.9. The Balaban J connectivity index is 1.74. The molecule has 1 aromatic heterocycles. The first-order valence-corrected chi connectivity index (χ1v) is 7.28. The van der Waals surface area contributed by atoms with Gasteiger partial charge in [-0.2, -0.15) is 0 Å². The summed E-state index contributed by atoms with van der Waals surface area (Å²) >= 11 is 0. The maximum atomic E-state index is 4.21. The second-order valence-electron chi connectivity index (χ2n) is 6.64. The number of hydrogen-bond donors (Lipinski definition) is 1. The molecule has 1 aromatic rings. The Kier molecular flexibility index (Phi) is 4.58. The third-order valence-electron chi connectivity index (χ3n) is 3.77. The molecule has 19 heavy (non-hydrogen) atoms. The second kappa shape index (κ2) is 6.01. The molecule has 0 amide bonds. The number of rotatable bonds is 6. The summed E-state index contributed by atoms with van der Waals surface area (Å²) in [4.78, 5) is 2.44. The summed E-state index contributed by atoms with van der Waals surface area (Å²) in [6.07, 6.45) is 6.15. The molecule has 5 nitrogen and oxygen atoms in total. The van der Waals surface area contributed by atoms with Gasteiger partial charge in [0.25, 0.3) is 0 Å². The third-order valence-corrected chi connectivity index (χ3v) is 3.77. The number of hydrogen-bond acceptors (Lipinski definition) is 4. The van der Waals surface area contributed by atoms with Gasteiger partial charge >= 0.3 is 0 Å². The summed E-state index contributed by atoms with van der Waals surface area (Å²) in [5, 5.41) is 11.8. The van der Waals surface area contributed by atoms with Crippen LogP contribution in [0, 0.1) is 0 Å². The van der Waals surface area contributed by atoms with Crippen LogP contribution < -0.4 is 5.32 Å². The van der Waals surface area contributed by atoms with Gasteiger partial charge in [0.2, 0.25) is 0 Å². The highest BCUT2D eigenvalue weighted by molar-refractivity contribution is 4.93. The van der Waals surface area contributed by atoms with Gasteiger partial charge in [0.15, 0.2) is 0 Å². The summed E-state index contributed by atoms with van der Waals surface area (Å²) in [6, 6.07) is 0.797. The van der Waals surface area contributed by atoms with Gasteiger partial charge in [0.1, 0.15) is 0 Å². The molecule has 0 aromatic carbocycles. The van der Waals surface area contributed by atoms with Crippen LogP contribution in [0.2, 0.25) is 0 Å². The Labute approximate surface area is 116 Å². The number of nitrogens with zero attached hydrogens (tertiary/aromatic N) is 4. The van der Waals surface area contributed by atoms with E-state index in [0.29, 0.717) is 0 Å². The Morgan fingerprint density at radius 1 is 1.42 bits per heavy atom. The monoisotopic (exact) mass is 265 g/mol. The molecule has 1 saturated carbocycles. The maximum absolute atomic E-state index is 4.21. The molecule has 1 fully saturated rings. The highest BCUT2D eigenvalue weighted by Crippen LogP contribution is 2.23. The van der Waals surface area contributed by atoms with Gasteiger partial charge < -0.3 is 10.2 Å². The lowest BCUT2D eigenvalue weighted by Gasteiger charge is -2.34. The number of nitrogens with one attached hydrogen (secondary N) is 1. The number of likely N-dealkylation sites (N-methyl/N-ethyl adjacent to an activating group) is 1. The summed E-state index contributed by atoms with van der Waals surface area (Å²) in [5.74, 6) is 0. The Bertz CT molecular complexity index is 389. The fourth-order valence-electron chi connectivity index (χ4n) is 2.15. The van der Waals surface area contributed by atoms with Crippen molar-refractivity contribution in [3.8, 4) is 0 Å². The fourth-order valence-corrected chi connectivity index (χ4v) is 2.15. The zero-order valence-corrected chi connectivity index (χ0v) is 12.7. The molecule has 1 heterocycles. The summed E-state index contributed by atoms with van der Waals surface area (Å²) in [7, 11) is 2.21. The molecule has 2 rings (SSSR count). The lowest BCUT2D eigenvalue weighted by atomic mass is 9.92. The third kappa shape index (κ3) is 4.58. The fraction of sp³-hybridized carbons (Fsp3) is 0.857. The van der Waals surface area contributed by atoms with Crippen LogP contribution in [0.1, 0.15) is 45.7 Å². The number of aromatic nitrogens is 3. The van der Waals surface area contributed by atoms with Gasteiger partial charge in [-0.15, -0.1) is 5.10 Å². The van der Waals surface area contributed by atoms with Crippen molar-refractivity contribution in [1.82, 2.24) is 25.2 Å². The first kappa shape index (κ1) is 14.5. The average molecular weight is 265 g/mol. The molecule has 1 N–H and O–H groups in total. The van der Waals surface area contributed by atoms with E-state index in [2.05, 4.69) is 48.3 Å². The van der Waals surface area contributed by atoms with Crippen LogP contribution in [0.25, 0.3) is 0 Å². The van der Waals surface area contributed by atoms with Crippen molar-refractivity contribution < 1.29 is 0 Å². The molecular formula is C14H27N5. The molecule has 0 unspecified atom stereocenters. The molecule has 0 atom stereocenters. The maximum Gasteiger partial charge on any atom is 0.0965 e. The van der Waals surface area contributed by atoms with E-state index in [4.69, 9.17) is 0 Å². The van der Waals surface area contributed by atoms with E-state index in [0.717, 1.165) is 31.4 Å². The Hall–Kier alpha value is -0.940. The van der Waals surface area contributed by atoms with Crippen LogP contribution in [0.15, 0.2) is 6.20 Å². The van der Waals surface area contributed by atoms with Crippen LogP contribution >= 0.6 is 0 Å². The van der Waals surface area contributed by atoms with Crippen molar-refractivity contribution in [2.75, 3.05) is 13.6 Å². The van der Waals surface area contributed by atoms with Crippen molar-refractivity contribution in [3.63, 3.8) is 0 Å². The summed E-state index contributed by atoms with van der Waals surface area (Å²) in [6.45, 7) is 9.23. The van der Waals surface area contributed by atoms with Crippen molar-refractivity contribution in [3.05, 3.63) is 11.9 Å². The van der Waals surface area contributed by atoms with Crippen molar-refractivity contribution in [1.29, 1.82) is 0 Å². The average Bonchev–Trinajstić information content (AvgIpc) is 2.68. The molecule has 0 bridgehead atoms. The highest BCUT2D eigenvalue weighted by atomic mass is 15.4. The Morgan fingerprint density at radius 2 is 2.16 bits per heavy atom. The molecule has 1 aliphatic rings. The minimum absolute atomic E-state index is 0.119. The van der Waals surface area contributed by atoms with E-state index in [9.17, 15) is 0 Å². The molecule has 108 valence electrons. The lowest BCUT2D eigenvalue weighted by molar-refractivity contribution is 0.153. The van der Waals surface area contributed by atoms with Crippen molar-refractivity contribution in [2.45, 2.75) is 64.7 Å². The highest BCUT2D eigenvalue weighted by Gasteiger charge is 2.21. The van der Waals surface area contributed by atoms with Crippen molar-refractivity contribution in [2.24, 2.45) is 0 Å². The van der Waals surface area contributed by atoms with Gasteiger partial charge in [0, 0.05) is 30.9 Å². The van der Waals surface area contributed by atoms with Crippen LogP contribution in [0.5, 0.6) is 0 Å². The zero-order chi connectivity index (χ0) is 13.9. The van der Waals surface area contributed by atoms with Gasteiger partial charge in [-0.1, -0.05) is 11.6 Å². The minimum Gasteiger partial charge on any atom is -0.306 e. The van der Waals surface area contributed by atoms with E-state index in [-0.39, 0.29) is 5.54 Å². The lowest BCUT2D eigenvalue weighted by Crippen LogP contribution is -2.38. The van der Waals surface area contributed by atoms with Gasteiger partial charge in [-0.05, 0) is 40.7 Å². The molecule has 0 spiro atoms. The largest absolute Gasteiger partial charge is 0.306 e. The molecular weight excluding hydrogens is 238 g/mol. The minimum atomic E-state index is 0.119. The van der Waals surface area contributed by atoms with Gasteiger partial charge in [-0.25, -0.2) is 0 Å². The van der Waals surface area contributed by atoms with E-state index >= 15 is 0 Å². The van der Waals surface area contributed by atoms with E-state index < -0.39 is 0 Å². The smallest absolute Gasteiger partial charge is 0.0965 e. The van der Waals surface area contributed by atoms with Crippen LogP contribution in [-0.2, 0) is 13.1 Å². The topological polar surface area (TPSA) is 46.0 Å². The van der Waals surface area contributed by atoms with Crippen LogP contribution in [0.4, 0.5) is 0 Å². The molecule has 5 heteroatoms. The molecule has 0 saturated heterocycles. The summed E-state index contributed by atoms with van der Waals surface area (Å²) < 4.78 is 1.95. The second-order valence-corrected chi connectivity index (χ2v) is 6.64. The van der Waals surface area contributed by atoms with E-state index in [1.807, 2.05) is 10.9 Å². The van der Waals surface area contributed by atoms with E-state index in [1.54, 1.807) is 0 Å². The predicted octanol–water partition coefficient (Wildman–Crippen LogP) is 1.65. The van der Waals surface area contributed by atoms with E-state index in [1.165, 1.54) is 19.3 Å². The molecule has 0 aliphatic heterocycles. The van der Waals surface area contributed by atoms with Gasteiger partial charge in [-0.3, -0.25) is 4.68 Å². The molecule has 0 radical (unpaired) electrons. The van der Waals surface area contributed by atoms with Crippen LogP contribution in [0.3, 0.4) is 0 Å². The first-order valence-electron chi connectivity index (χ1n) is 7.28. The molecule has 1 aliphatic carbocycles. The standard InChI is InChI=1S/C14H27N5/c1-14(2,3)15-10-12-11-19(17-16-12)9-8-18(4)13-6-5-7-13/h11,13,15H,5-10H2,1-4H3. The van der Waals surface area contributed by atoms with Gasteiger partial charge in [0.05, 0.1) is 12.2 Å². The zero-order valence-electron chi connectivity index (χ0n) is 12.7. The predicted molar refractivity (Wildman–Crippen MR) is 76.9 cm³/mol. The first-order chi connectivity index (χ1) is 8.94. The van der Waals surface area contributed by atoms with Crippen LogP contribution in [-0.4, -0.2) is 45.1 Å².